The van der Waals surface area contributed by atoms with Gasteiger partial charge < -0.3 is 19.5 Å². The number of hydrogen-bond donors (Lipinski definition) is 2. The second-order valence-electron chi connectivity index (χ2n) is 12.7. The minimum atomic E-state index is -0.639. The van der Waals surface area contributed by atoms with Gasteiger partial charge in [0.2, 0.25) is 11.9 Å². The molecule has 2 amide bonds. The van der Waals surface area contributed by atoms with Crippen molar-refractivity contribution in [2.75, 3.05) is 27.4 Å². The average Bonchev–Trinajstić information content (AvgIpc) is 3.72. The molecule has 0 spiro atoms. The number of imide groups is 1. The zero-order valence-electron chi connectivity index (χ0n) is 28.9. The summed E-state index contributed by atoms with van der Waals surface area (Å²) in [5, 5.41) is 13.7. The zero-order chi connectivity index (χ0) is 35.7. The van der Waals surface area contributed by atoms with Gasteiger partial charge in [0.25, 0.3) is 0 Å². The van der Waals surface area contributed by atoms with Crippen LogP contribution in [0.3, 0.4) is 0 Å². The van der Waals surface area contributed by atoms with Crippen LogP contribution in [0.25, 0.3) is 0 Å². The predicted octanol–water partition coefficient (Wildman–Crippen LogP) is 5.06. The number of amides is 2. The van der Waals surface area contributed by atoms with Crippen LogP contribution in [0, 0.1) is 18.8 Å². The molecule has 2 N–H and O–H groups in total. The first-order valence-corrected chi connectivity index (χ1v) is 16.9. The van der Waals surface area contributed by atoms with Gasteiger partial charge in [-0.3, -0.25) is 9.80 Å². The third-order valence-corrected chi connectivity index (χ3v) is 9.14. The average molecular weight is 696 g/mol. The number of aryl methyl sites for hydroxylation is 1. The number of benzene rings is 2. The number of carbonyl (C=O) groups is 2. The maximum Gasteiger partial charge on any atom is 0.416 e. The number of nitrogens with one attached hydrogen (secondary N) is 2. The Bertz CT molecular complexity index is 1820. The van der Waals surface area contributed by atoms with Crippen molar-refractivity contribution in [3.8, 4) is 11.5 Å². The van der Waals surface area contributed by atoms with E-state index in [9.17, 15) is 14.0 Å². The van der Waals surface area contributed by atoms with Crippen LogP contribution in [0.2, 0.25) is 0 Å². The number of rotatable bonds is 15. The second kappa shape index (κ2) is 16.4. The van der Waals surface area contributed by atoms with Crippen molar-refractivity contribution in [3.63, 3.8) is 0 Å². The molecule has 1 fully saturated rings. The topological polar surface area (TPSA) is 131 Å². The fraction of sp³-hybridized carbons (Fsp3) is 0.342. The third-order valence-electron chi connectivity index (χ3n) is 9.14. The van der Waals surface area contributed by atoms with E-state index in [0.29, 0.717) is 55.8 Å². The first kappa shape index (κ1) is 35.3. The summed E-state index contributed by atoms with van der Waals surface area (Å²) in [5.74, 6) is 0.773. The predicted molar refractivity (Wildman–Crippen MR) is 187 cm³/mol. The second-order valence-corrected chi connectivity index (χ2v) is 12.7. The molecule has 13 heteroatoms. The van der Waals surface area contributed by atoms with Gasteiger partial charge in [-0.15, -0.1) is 0 Å². The van der Waals surface area contributed by atoms with Crippen LogP contribution in [0.15, 0.2) is 91.2 Å². The van der Waals surface area contributed by atoms with Crippen LogP contribution < -0.4 is 20.2 Å². The van der Waals surface area contributed by atoms with E-state index in [1.54, 1.807) is 32.7 Å². The number of aromatic nitrogens is 3. The zero-order valence-corrected chi connectivity index (χ0v) is 28.9. The van der Waals surface area contributed by atoms with Gasteiger partial charge in [-0.05, 0) is 84.7 Å². The number of nitrogens with zero attached hydrogens (tertiary/aromatic N) is 5. The number of cyclic esters (lactones) is 1. The minimum absolute atomic E-state index is 0.135. The molecule has 51 heavy (non-hydrogen) atoms. The first-order chi connectivity index (χ1) is 24.8. The molecule has 2 aliphatic rings. The van der Waals surface area contributed by atoms with E-state index in [1.165, 1.54) is 17.2 Å². The van der Waals surface area contributed by atoms with Gasteiger partial charge in [-0.25, -0.2) is 20.1 Å². The number of pyridine rings is 1. The highest BCUT2D eigenvalue weighted by molar-refractivity contribution is 5.95. The van der Waals surface area contributed by atoms with E-state index in [2.05, 4.69) is 32.0 Å². The van der Waals surface area contributed by atoms with Crippen LogP contribution in [0.5, 0.6) is 11.5 Å². The standard InChI is InChI=1S/C38H42FN7O5/c1-25-20-42-43-22-33(25)34-19-36(45(44-34)23-28-16-31(49-2)18-32(17-28)50-3)40-13-7-10-29(14-27-11-12-35(39)41-21-27)37(47)46-30(24-51-38(46)48)15-26-8-5-4-6-9-26/h4-6,8-9,11-12,16-22,29-30,34,40,44H,7,10,13-15,23-24H2,1-3H3/t29-,30+,34?/m0/s1. The van der Waals surface area contributed by atoms with Crippen molar-refractivity contribution in [2.45, 2.75) is 51.2 Å². The molecule has 2 aromatic carbocycles. The maximum atomic E-state index is 14.1. The highest BCUT2D eigenvalue weighted by Gasteiger charge is 2.40. The quantitative estimate of drug-likeness (QED) is 0.128. The number of hydrogen-bond acceptors (Lipinski definition) is 11. The Hall–Kier alpha value is -5.56. The van der Waals surface area contributed by atoms with Crippen molar-refractivity contribution < 1.29 is 28.2 Å². The number of halogens is 1. The Morgan fingerprint density at radius 2 is 1.78 bits per heavy atom. The van der Waals surface area contributed by atoms with Crippen molar-refractivity contribution in [2.24, 2.45) is 5.92 Å². The summed E-state index contributed by atoms with van der Waals surface area (Å²) in [6.45, 7) is 3.17. The molecular weight excluding hydrogens is 653 g/mol. The van der Waals surface area contributed by atoms with Gasteiger partial charge in [0.15, 0.2) is 0 Å². The van der Waals surface area contributed by atoms with Crippen molar-refractivity contribution in [3.05, 3.63) is 125 Å². The highest BCUT2D eigenvalue weighted by Crippen LogP contribution is 2.29. The Labute approximate surface area is 296 Å². The van der Waals surface area contributed by atoms with E-state index in [4.69, 9.17) is 14.2 Å². The summed E-state index contributed by atoms with van der Waals surface area (Å²) in [6, 6.07) is 17.8. The van der Waals surface area contributed by atoms with E-state index >= 15 is 0 Å². The molecule has 6 rings (SSSR count). The lowest BCUT2D eigenvalue weighted by atomic mass is 9.93. The summed E-state index contributed by atoms with van der Waals surface area (Å²) in [5.41, 5.74) is 8.26. The summed E-state index contributed by atoms with van der Waals surface area (Å²) in [7, 11) is 3.24. The molecule has 266 valence electrons. The molecule has 0 saturated carbocycles. The molecule has 3 atom stereocenters. The molecule has 1 saturated heterocycles. The fourth-order valence-electron chi connectivity index (χ4n) is 6.48. The van der Waals surface area contributed by atoms with Crippen LogP contribution in [0.4, 0.5) is 9.18 Å². The maximum absolute atomic E-state index is 14.1. The summed E-state index contributed by atoms with van der Waals surface area (Å²) < 4.78 is 30.0. The lowest BCUT2D eigenvalue weighted by Gasteiger charge is -2.26. The molecule has 4 heterocycles. The third kappa shape index (κ3) is 8.79. The fourth-order valence-corrected chi connectivity index (χ4v) is 6.48. The van der Waals surface area contributed by atoms with E-state index in [-0.39, 0.29) is 18.6 Å². The minimum Gasteiger partial charge on any atom is -0.497 e. The van der Waals surface area contributed by atoms with Crippen molar-refractivity contribution >= 4 is 12.0 Å². The summed E-state index contributed by atoms with van der Waals surface area (Å²) in [4.78, 5) is 32.1. The van der Waals surface area contributed by atoms with Gasteiger partial charge in [-0.1, -0.05) is 36.4 Å². The van der Waals surface area contributed by atoms with E-state index in [0.717, 1.165) is 28.1 Å². The lowest BCUT2D eigenvalue weighted by molar-refractivity contribution is -0.133. The summed E-state index contributed by atoms with van der Waals surface area (Å²) >= 11 is 0. The molecule has 12 nitrogen and oxygen atoms in total. The number of carbonyl (C=O) groups excluding carboxylic acids is 2. The van der Waals surface area contributed by atoms with E-state index in [1.807, 2.05) is 60.5 Å². The number of methoxy groups -OCH3 is 2. The molecule has 1 unspecified atom stereocenters. The molecule has 0 bridgehead atoms. The van der Waals surface area contributed by atoms with Gasteiger partial charge in [0, 0.05) is 24.7 Å². The lowest BCUT2D eigenvalue weighted by Crippen LogP contribution is -2.44. The van der Waals surface area contributed by atoms with Crippen LogP contribution >= 0.6 is 0 Å². The SMILES string of the molecule is COc1cc(CN2NC(c3cnncc3C)C=C2NCCC[C@@H](Cc2ccc(F)nc2)C(=O)N2C(=O)OC[C@H]2Cc2ccccc2)cc(OC)c1. The smallest absolute Gasteiger partial charge is 0.416 e. The van der Waals surface area contributed by atoms with Crippen LogP contribution in [0.1, 0.15) is 46.7 Å². The molecule has 2 aliphatic heterocycles. The Balaban J connectivity index is 1.17. The largest absolute Gasteiger partial charge is 0.497 e. The molecule has 0 radical (unpaired) electrons. The molecular formula is C38H42FN7O5. The van der Waals surface area contributed by atoms with Crippen LogP contribution in [-0.2, 0) is 28.9 Å². The summed E-state index contributed by atoms with van der Waals surface area (Å²) in [6.07, 6.45) is 8.27. The monoisotopic (exact) mass is 695 g/mol. The van der Waals surface area contributed by atoms with Gasteiger partial charge in [0.05, 0.1) is 45.2 Å². The Morgan fingerprint density at radius 1 is 1.02 bits per heavy atom. The van der Waals surface area contributed by atoms with Crippen molar-refractivity contribution in [1.29, 1.82) is 0 Å². The number of hydrazine groups is 1. The molecule has 2 aromatic heterocycles. The highest BCUT2D eigenvalue weighted by atomic mass is 19.1. The van der Waals surface area contributed by atoms with Gasteiger partial charge in [0.1, 0.15) is 23.9 Å². The Morgan fingerprint density at radius 3 is 2.49 bits per heavy atom. The van der Waals surface area contributed by atoms with Crippen molar-refractivity contribution in [1.82, 2.24) is 35.8 Å². The normalized spacial score (nSPS) is 17.6. The van der Waals surface area contributed by atoms with E-state index < -0.39 is 24.0 Å². The van der Waals surface area contributed by atoms with Gasteiger partial charge in [-0.2, -0.15) is 14.6 Å². The Kier molecular flexibility index (Phi) is 11.4. The number of ether oxygens (including phenoxy) is 3. The first-order valence-electron chi connectivity index (χ1n) is 16.9. The molecule has 0 aliphatic carbocycles. The van der Waals surface area contributed by atoms with Gasteiger partial charge >= 0.3 is 6.09 Å². The molecule has 4 aromatic rings. The van der Waals surface area contributed by atoms with Crippen LogP contribution in [-0.4, -0.2) is 70.5 Å².